The zero-order valence-electron chi connectivity index (χ0n) is 15.8. The topological polar surface area (TPSA) is 67.2 Å². The molecule has 0 aliphatic heterocycles. The van der Waals surface area contributed by atoms with E-state index in [1.165, 1.54) is 0 Å². The molecular weight excluding hydrogens is 380 g/mol. The van der Waals surface area contributed by atoms with Crippen LogP contribution in [-0.2, 0) is 22.1 Å². The maximum absolute atomic E-state index is 13.0. The first-order chi connectivity index (χ1) is 13.0. The van der Waals surface area contributed by atoms with Crippen molar-refractivity contribution in [1.82, 2.24) is 19.8 Å². The fourth-order valence-electron chi connectivity index (χ4n) is 3.09. The summed E-state index contributed by atoms with van der Waals surface area (Å²) >= 11 is 5.43. The van der Waals surface area contributed by atoms with E-state index in [2.05, 4.69) is 10.3 Å². The molecule has 1 aromatic heterocycles. The normalized spacial score (nSPS) is 14.1. The van der Waals surface area contributed by atoms with Gasteiger partial charge in [0.2, 0.25) is 15.0 Å². The van der Waals surface area contributed by atoms with Crippen LogP contribution in [0.5, 0.6) is 0 Å². The summed E-state index contributed by atoms with van der Waals surface area (Å²) < 4.78 is 28.0. The van der Waals surface area contributed by atoms with Crippen LogP contribution in [0.25, 0.3) is 0 Å². The lowest BCUT2D eigenvalue weighted by Crippen LogP contribution is -2.39. The second-order valence-corrected chi connectivity index (χ2v) is 9.00. The number of nitrogens with zero attached hydrogens (tertiary/aromatic N) is 3. The Hall–Kier alpha value is -1.93. The highest BCUT2D eigenvalue weighted by Crippen LogP contribution is 2.38. The summed E-state index contributed by atoms with van der Waals surface area (Å²) in [6.07, 6.45) is 3.66. The van der Waals surface area contributed by atoms with E-state index < -0.39 is 9.84 Å². The van der Waals surface area contributed by atoms with Gasteiger partial charge in [0.15, 0.2) is 5.11 Å². The molecule has 27 heavy (non-hydrogen) atoms. The second-order valence-electron chi connectivity index (χ2n) is 6.73. The van der Waals surface area contributed by atoms with E-state index in [-0.39, 0.29) is 17.0 Å². The average molecular weight is 407 g/mol. The van der Waals surface area contributed by atoms with Gasteiger partial charge in [-0.25, -0.2) is 13.4 Å². The van der Waals surface area contributed by atoms with Gasteiger partial charge in [-0.1, -0.05) is 30.3 Å². The molecule has 1 heterocycles. The van der Waals surface area contributed by atoms with E-state index in [0.717, 1.165) is 37.2 Å². The van der Waals surface area contributed by atoms with E-state index in [1.54, 1.807) is 6.20 Å². The lowest BCUT2D eigenvalue weighted by molar-refractivity contribution is 0.408. The summed E-state index contributed by atoms with van der Waals surface area (Å²) in [6.45, 7) is 6.09. The second kappa shape index (κ2) is 8.39. The van der Waals surface area contributed by atoms with Gasteiger partial charge >= 0.3 is 0 Å². The van der Waals surface area contributed by atoms with Crippen molar-refractivity contribution in [1.29, 1.82) is 0 Å². The average Bonchev–Trinajstić information content (AvgIpc) is 3.39. The molecule has 1 aliphatic rings. The zero-order chi connectivity index (χ0) is 19.4. The Morgan fingerprint density at radius 1 is 1.30 bits per heavy atom. The molecular formula is C19H26N4O2S2. The number of sulfone groups is 1. The molecule has 0 radical (unpaired) electrons. The summed E-state index contributed by atoms with van der Waals surface area (Å²) in [4.78, 5) is 6.35. The Kier molecular flexibility index (Phi) is 6.16. The van der Waals surface area contributed by atoms with Crippen LogP contribution < -0.4 is 5.32 Å². The molecule has 3 rings (SSSR count). The van der Waals surface area contributed by atoms with Gasteiger partial charge in [0.1, 0.15) is 0 Å². The Balaban J connectivity index is 1.88. The van der Waals surface area contributed by atoms with Crippen LogP contribution in [0.4, 0.5) is 0 Å². The van der Waals surface area contributed by atoms with Crippen molar-refractivity contribution >= 4 is 27.2 Å². The van der Waals surface area contributed by atoms with Gasteiger partial charge in [0.05, 0.1) is 24.2 Å². The number of rotatable bonds is 8. The minimum absolute atomic E-state index is 0.0374. The molecule has 1 N–H and O–H groups in total. The number of aromatic nitrogens is 2. The molecule has 0 bridgehead atoms. The van der Waals surface area contributed by atoms with Gasteiger partial charge in [-0.3, -0.25) is 0 Å². The zero-order valence-corrected chi connectivity index (χ0v) is 17.4. The molecule has 0 saturated heterocycles. The monoisotopic (exact) mass is 406 g/mol. The summed E-state index contributed by atoms with van der Waals surface area (Å²) in [6, 6.07) is 9.46. The standard InChI is InChI=1S/C19H26N4O2S2/c1-3-20-18(26)22(4-2)13-17-12-21-19(23(17)16-10-11-16)27(24,25)14-15-8-6-5-7-9-15/h5-9,12,16H,3-4,10-11,13-14H2,1-2H3,(H,20,26). The van der Waals surface area contributed by atoms with Crippen LogP contribution in [0.2, 0.25) is 0 Å². The van der Waals surface area contributed by atoms with Crippen molar-refractivity contribution in [2.75, 3.05) is 13.1 Å². The molecule has 146 valence electrons. The number of nitrogens with one attached hydrogen (secondary N) is 1. The molecule has 1 aromatic carbocycles. The Morgan fingerprint density at radius 3 is 2.59 bits per heavy atom. The van der Waals surface area contributed by atoms with Gasteiger partial charge in [-0.2, -0.15) is 0 Å². The fraction of sp³-hybridized carbons (Fsp3) is 0.474. The van der Waals surface area contributed by atoms with E-state index in [9.17, 15) is 8.42 Å². The van der Waals surface area contributed by atoms with Crippen molar-refractivity contribution in [2.24, 2.45) is 0 Å². The SMILES string of the molecule is CCNC(=S)N(CC)Cc1cnc(S(=O)(=O)Cc2ccccc2)n1C1CC1. The van der Waals surface area contributed by atoms with Crippen molar-refractivity contribution in [2.45, 2.75) is 50.2 Å². The molecule has 1 saturated carbocycles. The molecule has 2 aromatic rings. The van der Waals surface area contributed by atoms with E-state index in [4.69, 9.17) is 12.2 Å². The molecule has 0 spiro atoms. The molecule has 6 nitrogen and oxygen atoms in total. The third-order valence-corrected chi connectivity index (χ3v) is 6.55. The fourth-order valence-corrected chi connectivity index (χ4v) is 4.97. The lowest BCUT2D eigenvalue weighted by atomic mass is 10.2. The van der Waals surface area contributed by atoms with E-state index >= 15 is 0 Å². The highest BCUT2D eigenvalue weighted by Gasteiger charge is 2.33. The first kappa shape index (κ1) is 19.8. The molecule has 8 heteroatoms. The van der Waals surface area contributed by atoms with Crippen molar-refractivity contribution in [3.63, 3.8) is 0 Å². The first-order valence-electron chi connectivity index (χ1n) is 9.31. The lowest BCUT2D eigenvalue weighted by Gasteiger charge is -2.24. The van der Waals surface area contributed by atoms with Crippen LogP contribution in [0.3, 0.4) is 0 Å². The minimum Gasteiger partial charge on any atom is -0.363 e. The van der Waals surface area contributed by atoms with Crippen molar-refractivity contribution in [3.05, 3.63) is 47.8 Å². The van der Waals surface area contributed by atoms with Gasteiger partial charge < -0.3 is 14.8 Å². The maximum Gasteiger partial charge on any atom is 0.228 e. The molecule has 1 aliphatic carbocycles. The molecule has 0 amide bonds. The summed E-state index contributed by atoms with van der Waals surface area (Å²) in [5, 5.41) is 4.01. The molecule has 0 atom stereocenters. The van der Waals surface area contributed by atoms with E-state index in [1.807, 2.05) is 53.6 Å². The quantitative estimate of drug-likeness (QED) is 0.680. The Morgan fingerprint density at radius 2 is 2.00 bits per heavy atom. The first-order valence-corrected chi connectivity index (χ1v) is 11.4. The smallest absolute Gasteiger partial charge is 0.228 e. The predicted molar refractivity (Wildman–Crippen MR) is 110 cm³/mol. The van der Waals surface area contributed by atoms with Gasteiger partial charge in [0, 0.05) is 19.1 Å². The van der Waals surface area contributed by atoms with Gasteiger partial charge in [-0.15, -0.1) is 0 Å². The van der Waals surface area contributed by atoms with Crippen LogP contribution in [-0.4, -0.2) is 41.1 Å². The van der Waals surface area contributed by atoms with E-state index in [0.29, 0.717) is 11.7 Å². The highest BCUT2D eigenvalue weighted by atomic mass is 32.2. The molecule has 0 unspecified atom stereocenters. The largest absolute Gasteiger partial charge is 0.363 e. The van der Waals surface area contributed by atoms with Crippen LogP contribution in [0, 0.1) is 0 Å². The van der Waals surface area contributed by atoms with Crippen molar-refractivity contribution in [3.8, 4) is 0 Å². The molecule has 1 fully saturated rings. The summed E-state index contributed by atoms with van der Waals surface area (Å²) in [5.41, 5.74) is 1.67. The Bertz CT molecular complexity index is 890. The predicted octanol–water partition coefficient (Wildman–Crippen LogP) is 2.91. The minimum atomic E-state index is -3.52. The summed E-state index contributed by atoms with van der Waals surface area (Å²) in [5.74, 6) is -0.0374. The van der Waals surface area contributed by atoms with Crippen LogP contribution >= 0.6 is 12.2 Å². The van der Waals surface area contributed by atoms with Gasteiger partial charge in [-0.05, 0) is 44.5 Å². The third kappa shape index (κ3) is 4.68. The van der Waals surface area contributed by atoms with Crippen LogP contribution in [0.15, 0.2) is 41.7 Å². The number of imidazole rings is 1. The number of hydrogen-bond donors (Lipinski definition) is 1. The maximum atomic E-state index is 13.0. The number of thiocarbonyl (C=S) groups is 1. The van der Waals surface area contributed by atoms with Gasteiger partial charge in [0.25, 0.3) is 0 Å². The highest BCUT2D eigenvalue weighted by molar-refractivity contribution is 7.90. The third-order valence-electron chi connectivity index (χ3n) is 4.58. The van der Waals surface area contributed by atoms with Crippen LogP contribution in [0.1, 0.15) is 44.0 Å². The van der Waals surface area contributed by atoms with Crippen molar-refractivity contribution < 1.29 is 8.42 Å². The number of hydrogen-bond acceptors (Lipinski definition) is 4. The summed E-state index contributed by atoms with van der Waals surface area (Å²) in [7, 11) is -3.52. The Labute approximate surface area is 166 Å². The number of benzene rings is 1.